The number of piperidine rings is 1. The average Bonchev–Trinajstić information content (AvgIpc) is 3.07. The number of aromatic nitrogens is 3. The second kappa shape index (κ2) is 6.89. The highest BCUT2D eigenvalue weighted by atomic mass is 32.2. The molecule has 0 radical (unpaired) electrons. The van der Waals surface area contributed by atoms with Gasteiger partial charge in [0.1, 0.15) is 11.5 Å². The zero-order chi connectivity index (χ0) is 19.9. The molecule has 1 atom stereocenters. The number of nitrogens with zero attached hydrogens (tertiary/aromatic N) is 3. The predicted molar refractivity (Wildman–Crippen MR) is 99.6 cm³/mol. The Morgan fingerprint density at radius 1 is 1.29 bits per heavy atom. The molecule has 7 nitrogen and oxygen atoms in total. The highest BCUT2D eigenvalue weighted by Gasteiger charge is 2.37. The highest BCUT2D eigenvalue weighted by molar-refractivity contribution is 7.89. The van der Waals surface area contributed by atoms with Crippen molar-refractivity contribution < 1.29 is 21.6 Å². The Morgan fingerprint density at radius 2 is 2.11 bits per heavy atom. The molecule has 4 heterocycles. The number of pyridine rings is 2. The Labute approximate surface area is 159 Å². The van der Waals surface area contributed by atoms with E-state index in [1.54, 1.807) is 18.6 Å². The van der Waals surface area contributed by atoms with Gasteiger partial charge in [-0.2, -0.15) is 13.2 Å². The van der Waals surface area contributed by atoms with Gasteiger partial charge in [0.15, 0.2) is 5.75 Å². The van der Waals surface area contributed by atoms with Gasteiger partial charge in [-0.25, -0.2) is 23.1 Å². The summed E-state index contributed by atoms with van der Waals surface area (Å²) in [4.78, 5) is 13.8. The number of hydrogen-bond acceptors (Lipinski definition) is 5. The average molecular weight is 413 g/mol. The fourth-order valence-electron chi connectivity index (χ4n) is 3.67. The Kier molecular flexibility index (Phi) is 4.66. The minimum Gasteiger partial charge on any atom is -0.354 e. The predicted octanol–water partition coefficient (Wildman–Crippen LogP) is 2.56. The standard InChI is InChI=1S/C17H18F3N5O2S/c18-17(19,20)10-28(26,27)24-12-2-1-7-25(9-12)16-14-11(3-5-22-16)8-23-15-13(14)4-6-21-15/h3-6,8,12,24H,1-2,7,9-10H2,(H,21,23). The molecule has 1 aliphatic rings. The number of anilines is 1. The first-order chi connectivity index (χ1) is 13.2. The molecule has 1 saturated heterocycles. The van der Waals surface area contributed by atoms with Crippen LogP contribution in [0.25, 0.3) is 21.8 Å². The number of nitrogens with one attached hydrogen (secondary N) is 2. The molecule has 11 heteroatoms. The van der Waals surface area contributed by atoms with Crippen molar-refractivity contribution in [1.82, 2.24) is 19.7 Å². The summed E-state index contributed by atoms with van der Waals surface area (Å²) in [5.74, 6) is -1.21. The fraction of sp³-hybridized carbons (Fsp3) is 0.412. The van der Waals surface area contributed by atoms with Gasteiger partial charge in [0.25, 0.3) is 0 Å². The molecule has 150 valence electrons. The first-order valence-corrected chi connectivity index (χ1v) is 10.4. The molecule has 1 fully saturated rings. The molecule has 1 aliphatic heterocycles. The lowest BCUT2D eigenvalue weighted by Crippen LogP contribution is -2.49. The lowest BCUT2D eigenvalue weighted by atomic mass is 10.1. The first-order valence-electron chi connectivity index (χ1n) is 8.74. The largest absolute Gasteiger partial charge is 0.404 e. The van der Waals surface area contributed by atoms with Gasteiger partial charge in [0.2, 0.25) is 10.0 Å². The molecule has 0 amide bonds. The Balaban J connectivity index is 1.63. The number of fused-ring (bicyclic) bond motifs is 3. The lowest BCUT2D eigenvalue weighted by Gasteiger charge is -2.34. The van der Waals surface area contributed by atoms with Crippen LogP contribution < -0.4 is 9.62 Å². The van der Waals surface area contributed by atoms with Gasteiger partial charge in [-0.1, -0.05) is 0 Å². The van der Waals surface area contributed by atoms with E-state index in [-0.39, 0.29) is 6.54 Å². The van der Waals surface area contributed by atoms with Crippen LogP contribution in [0.5, 0.6) is 0 Å². The first kappa shape index (κ1) is 18.9. The maximum absolute atomic E-state index is 12.5. The molecule has 4 rings (SSSR count). The van der Waals surface area contributed by atoms with Crippen LogP contribution in [0, 0.1) is 0 Å². The van der Waals surface area contributed by atoms with Gasteiger partial charge < -0.3 is 9.88 Å². The molecule has 0 saturated carbocycles. The summed E-state index contributed by atoms with van der Waals surface area (Å²) in [5.41, 5.74) is 0.709. The van der Waals surface area contributed by atoms with Crippen LogP contribution in [0.1, 0.15) is 12.8 Å². The van der Waals surface area contributed by atoms with Crippen LogP contribution in [-0.4, -0.2) is 54.4 Å². The zero-order valence-electron chi connectivity index (χ0n) is 14.7. The van der Waals surface area contributed by atoms with E-state index in [9.17, 15) is 21.6 Å². The zero-order valence-corrected chi connectivity index (χ0v) is 15.5. The van der Waals surface area contributed by atoms with Crippen molar-refractivity contribution in [3.05, 3.63) is 30.7 Å². The van der Waals surface area contributed by atoms with E-state index in [1.807, 2.05) is 17.0 Å². The minimum atomic E-state index is -4.77. The topological polar surface area (TPSA) is 91.0 Å². The fourth-order valence-corrected chi connectivity index (χ4v) is 4.88. The van der Waals surface area contributed by atoms with E-state index in [0.717, 1.165) is 16.2 Å². The van der Waals surface area contributed by atoms with Crippen molar-refractivity contribution in [2.24, 2.45) is 0 Å². The molecule has 0 aliphatic carbocycles. The van der Waals surface area contributed by atoms with Gasteiger partial charge in [-0.05, 0) is 25.0 Å². The van der Waals surface area contributed by atoms with Crippen molar-refractivity contribution in [1.29, 1.82) is 0 Å². The summed E-state index contributed by atoms with van der Waals surface area (Å²) in [7, 11) is -4.45. The van der Waals surface area contributed by atoms with Crippen LogP contribution in [0.4, 0.5) is 19.0 Å². The number of alkyl halides is 3. The molecule has 0 spiro atoms. The van der Waals surface area contributed by atoms with Gasteiger partial charge in [0, 0.05) is 53.9 Å². The molecular formula is C17H18F3N5O2S. The number of hydrogen-bond donors (Lipinski definition) is 2. The van der Waals surface area contributed by atoms with E-state index in [1.165, 1.54) is 0 Å². The summed E-state index contributed by atoms with van der Waals surface area (Å²) >= 11 is 0. The summed E-state index contributed by atoms with van der Waals surface area (Å²) in [6, 6.07) is 3.12. The van der Waals surface area contributed by atoms with Gasteiger partial charge >= 0.3 is 6.18 Å². The van der Waals surface area contributed by atoms with Crippen LogP contribution in [0.15, 0.2) is 30.7 Å². The monoisotopic (exact) mass is 413 g/mol. The van der Waals surface area contributed by atoms with Crippen LogP contribution in [0.2, 0.25) is 0 Å². The summed E-state index contributed by atoms with van der Waals surface area (Å²) in [6.07, 6.45) is 1.49. The summed E-state index contributed by atoms with van der Waals surface area (Å²) < 4.78 is 63.3. The quantitative estimate of drug-likeness (QED) is 0.686. The van der Waals surface area contributed by atoms with E-state index < -0.39 is 28.0 Å². The molecule has 1 unspecified atom stereocenters. The number of aromatic amines is 1. The number of halogens is 3. The van der Waals surface area contributed by atoms with E-state index in [2.05, 4.69) is 19.7 Å². The maximum Gasteiger partial charge on any atom is 0.404 e. The smallest absolute Gasteiger partial charge is 0.354 e. The summed E-state index contributed by atoms with van der Waals surface area (Å²) in [5, 5.41) is 2.66. The Morgan fingerprint density at radius 3 is 2.89 bits per heavy atom. The minimum absolute atomic E-state index is 0.247. The number of H-pyrrole nitrogens is 1. The second-order valence-electron chi connectivity index (χ2n) is 6.87. The van der Waals surface area contributed by atoms with Gasteiger partial charge in [0.05, 0.1) is 0 Å². The molecule has 0 aromatic carbocycles. The maximum atomic E-state index is 12.5. The third kappa shape index (κ3) is 3.90. The second-order valence-corrected chi connectivity index (χ2v) is 8.63. The molecule has 28 heavy (non-hydrogen) atoms. The third-order valence-corrected chi connectivity index (χ3v) is 6.11. The molecule has 2 N–H and O–H groups in total. The van der Waals surface area contributed by atoms with Crippen LogP contribution in [-0.2, 0) is 10.0 Å². The summed E-state index contributed by atoms with van der Waals surface area (Å²) in [6.45, 7) is 0.884. The van der Waals surface area contributed by atoms with Crippen molar-refractivity contribution in [2.75, 3.05) is 23.7 Å². The van der Waals surface area contributed by atoms with E-state index >= 15 is 0 Å². The van der Waals surface area contributed by atoms with Crippen molar-refractivity contribution >= 4 is 37.6 Å². The normalized spacial score (nSPS) is 18.8. The number of sulfonamides is 1. The molecule has 3 aromatic rings. The molecule has 3 aromatic heterocycles. The van der Waals surface area contributed by atoms with Crippen LogP contribution in [0.3, 0.4) is 0 Å². The molecular weight excluding hydrogens is 395 g/mol. The van der Waals surface area contributed by atoms with Crippen LogP contribution >= 0.6 is 0 Å². The molecule has 0 bridgehead atoms. The SMILES string of the molecule is O=S(=O)(CC(F)(F)F)NC1CCCN(c2nccc3cnc4[nH]ccc4c23)C1. The van der Waals surface area contributed by atoms with E-state index in [0.29, 0.717) is 30.9 Å². The van der Waals surface area contributed by atoms with Crippen molar-refractivity contribution in [3.8, 4) is 0 Å². The third-order valence-electron chi connectivity index (χ3n) is 4.71. The van der Waals surface area contributed by atoms with Crippen molar-refractivity contribution in [2.45, 2.75) is 25.1 Å². The van der Waals surface area contributed by atoms with Crippen molar-refractivity contribution in [3.63, 3.8) is 0 Å². The lowest BCUT2D eigenvalue weighted by molar-refractivity contribution is -0.106. The van der Waals surface area contributed by atoms with E-state index in [4.69, 9.17) is 0 Å². The van der Waals surface area contributed by atoms with Gasteiger partial charge in [-0.15, -0.1) is 0 Å². The highest BCUT2D eigenvalue weighted by Crippen LogP contribution is 2.32. The number of rotatable bonds is 4. The van der Waals surface area contributed by atoms with Gasteiger partial charge in [-0.3, -0.25) is 0 Å². The Bertz CT molecular complexity index is 1110. The Hall–Kier alpha value is -2.40.